The number of unbranched alkanes of at least 4 members (excludes halogenated alkanes) is 18. The highest BCUT2D eigenvalue weighted by Gasteiger charge is 2.63. The SMILES string of the molecule is CCCCCCCCCCCCOc1ccc(C(=O)OC[C@]2(C)[N+]([O-])=C(c3ccc(OCCCCCCCCCCCC)cc3)N([O])C2(C)C)cc1. The molecule has 1 aliphatic rings. The van der Waals surface area contributed by atoms with Gasteiger partial charge in [-0.1, -0.05) is 134 Å². The molecular formula is C44H69N2O6. The number of nitrogens with zero attached hydrogens (tertiary/aromatic N) is 2. The maximum absolute atomic E-state index is 13.8. The molecule has 0 aromatic heterocycles. The summed E-state index contributed by atoms with van der Waals surface area (Å²) in [5, 5.41) is 28.1. The molecule has 8 heteroatoms. The van der Waals surface area contributed by atoms with Crippen molar-refractivity contribution < 1.29 is 29.0 Å². The molecule has 0 bridgehead atoms. The Hall–Kier alpha value is -3.26. The van der Waals surface area contributed by atoms with Crippen molar-refractivity contribution in [2.24, 2.45) is 0 Å². The number of amidine groups is 1. The van der Waals surface area contributed by atoms with Crippen molar-refractivity contribution in [3.05, 3.63) is 64.9 Å². The van der Waals surface area contributed by atoms with Gasteiger partial charge in [-0.15, -0.1) is 0 Å². The molecule has 0 saturated carbocycles. The van der Waals surface area contributed by atoms with Crippen molar-refractivity contribution in [1.29, 1.82) is 0 Å². The number of hydrogen-bond donors (Lipinski definition) is 0. The highest BCUT2D eigenvalue weighted by atomic mass is 16.6. The Morgan fingerprint density at radius 3 is 1.42 bits per heavy atom. The Bertz CT molecular complexity index is 1310. The van der Waals surface area contributed by atoms with Crippen molar-refractivity contribution >= 4 is 11.8 Å². The van der Waals surface area contributed by atoms with Crippen LogP contribution in [-0.2, 0) is 9.94 Å². The number of rotatable bonds is 28. The molecule has 52 heavy (non-hydrogen) atoms. The highest BCUT2D eigenvalue weighted by molar-refractivity contribution is 5.96. The molecule has 2 aromatic carbocycles. The summed E-state index contributed by atoms with van der Waals surface area (Å²) >= 11 is 0. The predicted octanol–water partition coefficient (Wildman–Crippen LogP) is 11.6. The van der Waals surface area contributed by atoms with Gasteiger partial charge in [0.1, 0.15) is 18.1 Å². The summed E-state index contributed by atoms with van der Waals surface area (Å²) < 4.78 is 18.2. The average Bonchev–Trinajstić information content (AvgIpc) is 3.28. The van der Waals surface area contributed by atoms with Crippen LogP contribution < -0.4 is 9.47 Å². The minimum atomic E-state index is -1.32. The normalized spacial score (nSPS) is 16.8. The van der Waals surface area contributed by atoms with E-state index in [9.17, 15) is 15.2 Å². The van der Waals surface area contributed by atoms with Crippen LogP contribution >= 0.6 is 0 Å². The summed E-state index contributed by atoms with van der Waals surface area (Å²) in [5.41, 5.74) is -1.63. The van der Waals surface area contributed by atoms with E-state index in [1.54, 1.807) is 69.3 Å². The topological polar surface area (TPSA) is 94.0 Å². The smallest absolute Gasteiger partial charge is 0.338 e. The number of ether oxygens (including phenoxy) is 3. The summed E-state index contributed by atoms with van der Waals surface area (Å²) in [6.07, 6.45) is 25.4. The van der Waals surface area contributed by atoms with E-state index in [1.807, 2.05) is 0 Å². The van der Waals surface area contributed by atoms with Crippen LogP contribution in [0.15, 0.2) is 48.5 Å². The van der Waals surface area contributed by atoms with E-state index >= 15 is 0 Å². The molecule has 2 aromatic rings. The lowest BCUT2D eigenvalue weighted by Gasteiger charge is -2.35. The first kappa shape index (κ1) is 43.1. The molecule has 0 N–H and O–H groups in total. The third-order valence-corrected chi connectivity index (χ3v) is 10.9. The fraction of sp³-hybridized carbons (Fsp3) is 0.682. The first-order chi connectivity index (χ1) is 25.2. The summed E-state index contributed by atoms with van der Waals surface area (Å²) in [6, 6.07) is 14.0. The third kappa shape index (κ3) is 13.3. The summed E-state index contributed by atoms with van der Waals surface area (Å²) in [5.74, 6) is 0.855. The monoisotopic (exact) mass is 722 g/mol. The molecule has 0 aliphatic carbocycles. The number of hydrogen-bond acceptors (Lipinski definition) is 6. The minimum absolute atomic E-state index is 0.00583. The van der Waals surface area contributed by atoms with Gasteiger partial charge in [0.05, 0.1) is 24.3 Å². The van der Waals surface area contributed by atoms with Crippen molar-refractivity contribution in [2.75, 3.05) is 19.8 Å². The standard InChI is InChI=1S/C44H69N2O6/c1-6-8-10-12-14-16-18-20-22-24-34-50-39-30-26-37(27-31-39)41-45(48)43(3,4)44(5,46(41)49)36-52-42(47)38-28-32-40(33-29-38)51-35-25-23-21-19-17-15-13-11-9-7-2/h26-33H,6-25,34-36H2,1-5H3/t44-/m0/s1. The number of hydroxylamine groups is 3. The Balaban J connectivity index is 1.42. The second-order valence-electron chi connectivity index (χ2n) is 15.4. The predicted molar refractivity (Wildman–Crippen MR) is 211 cm³/mol. The maximum Gasteiger partial charge on any atom is 0.338 e. The molecule has 1 radical (unpaired) electrons. The lowest BCUT2D eigenvalue weighted by Crippen LogP contribution is -2.58. The zero-order valence-corrected chi connectivity index (χ0v) is 33.2. The molecule has 0 unspecified atom stereocenters. The van der Waals surface area contributed by atoms with Crippen molar-refractivity contribution in [2.45, 2.75) is 174 Å². The van der Waals surface area contributed by atoms with Crippen LogP contribution in [0.5, 0.6) is 11.5 Å². The van der Waals surface area contributed by atoms with Gasteiger partial charge in [-0.3, -0.25) is 4.74 Å². The highest BCUT2D eigenvalue weighted by Crippen LogP contribution is 2.38. The van der Waals surface area contributed by atoms with Crippen LogP contribution in [0.25, 0.3) is 0 Å². The van der Waals surface area contributed by atoms with Crippen molar-refractivity contribution in [1.82, 2.24) is 5.06 Å². The lowest BCUT2D eigenvalue weighted by atomic mass is 9.83. The Morgan fingerprint density at radius 2 is 1.00 bits per heavy atom. The number of esters is 1. The molecule has 0 fully saturated rings. The van der Waals surface area contributed by atoms with Crippen LogP contribution in [-0.4, -0.2) is 52.5 Å². The Morgan fingerprint density at radius 1 is 0.615 bits per heavy atom. The van der Waals surface area contributed by atoms with Crippen LogP contribution in [0.1, 0.15) is 179 Å². The largest absolute Gasteiger partial charge is 0.714 e. The molecule has 0 spiro atoms. The van der Waals surface area contributed by atoms with E-state index in [0.29, 0.717) is 40.6 Å². The molecule has 1 heterocycles. The van der Waals surface area contributed by atoms with Gasteiger partial charge in [-0.2, -0.15) is 0 Å². The van der Waals surface area contributed by atoms with E-state index in [2.05, 4.69) is 13.8 Å². The molecular weight excluding hydrogens is 652 g/mol. The number of carbonyl (C=O) groups is 1. The van der Waals surface area contributed by atoms with Gasteiger partial charge < -0.3 is 19.4 Å². The first-order valence-corrected chi connectivity index (χ1v) is 20.6. The van der Waals surface area contributed by atoms with Gasteiger partial charge in [0.15, 0.2) is 11.1 Å². The summed E-state index contributed by atoms with van der Waals surface area (Å²) in [7, 11) is 0. The third-order valence-electron chi connectivity index (χ3n) is 10.9. The van der Waals surface area contributed by atoms with Crippen molar-refractivity contribution in [3.63, 3.8) is 0 Å². The number of carbonyl (C=O) groups excluding carboxylic acids is 1. The van der Waals surface area contributed by atoms with Gasteiger partial charge >= 0.3 is 11.8 Å². The zero-order chi connectivity index (χ0) is 37.7. The van der Waals surface area contributed by atoms with Gasteiger partial charge in [-0.25, -0.2) is 4.79 Å². The van der Waals surface area contributed by atoms with Crippen molar-refractivity contribution in [3.8, 4) is 11.5 Å². The summed E-state index contributed by atoms with van der Waals surface area (Å²) in [6.45, 7) is 10.6. The fourth-order valence-electron chi connectivity index (χ4n) is 6.75. The fourth-order valence-corrected chi connectivity index (χ4v) is 6.75. The molecule has 1 atom stereocenters. The quantitative estimate of drug-likeness (QED) is 0.0376. The molecule has 0 saturated heterocycles. The molecule has 1 aliphatic heterocycles. The van der Waals surface area contributed by atoms with Gasteiger partial charge in [0.2, 0.25) is 0 Å². The molecule has 0 amide bonds. The Labute approximate surface area is 315 Å². The first-order valence-electron chi connectivity index (χ1n) is 20.6. The minimum Gasteiger partial charge on any atom is -0.714 e. The number of benzene rings is 2. The van der Waals surface area contributed by atoms with Gasteiger partial charge in [0, 0.05) is 5.21 Å². The van der Waals surface area contributed by atoms with E-state index < -0.39 is 17.0 Å². The van der Waals surface area contributed by atoms with Crippen LogP contribution in [0.2, 0.25) is 0 Å². The van der Waals surface area contributed by atoms with E-state index in [4.69, 9.17) is 14.2 Å². The lowest BCUT2D eigenvalue weighted by molar-refractivity contribution is -0.548. The molecule has 291 valence electrons. The molecule has 3 rings (SSSR count). The van der Waals surface area contributed by atoms with E-state index in [-0.39, 0.29) is 12.4 Å². The van der Waals surface area contributed by atoms with Crippen LogP contribution in [0.3, 0.4) is 0 Å². The maximum atomic E-state index is 13.8. The average molecular weight is 722 g/mol. The van der Waals surface area contributed by atoms with Gasteiger partial charge in [0.25, 0.3) is 0 Å². The second-order valence-corrected chi connectivity index (χ2v) is 15.4. The summed E-state index contributed by atoms with van der Waals surface area (Å²) in [4.78, 5) is 13.0. The van der Waals surface area contributed by atoms with E-state index in [0.717, 1.165) is 30.7 Å². The van der Waals surface area contributed by atoms with E-state index in [1.165, 1.54) is 103 Å². The van der Waals surface area contributed by atoms with Gasteiger partial charge in [-0.05, 0) is 82.1 Å². The van der Waals surface area contributed by atoms with Crippen LogP contribution in [0.4, 0.5) is 0 Å². The zero-order valence-electron chi connectivity index (χ0n) is 33.2. The second kappa shape index (κ2) is 23.4. The molecule has 8 nitrogen and oxygen atoms in total. The Kier molecular flexibility index (Phi) is 19.4. The van der Waals surface area contributed by atoms with Crippen LogP contribution in [0, 0.1) is 5.21 Å².